The van der Waals surface area contributed by atoms with Gasteiger partial charge in [0.15, 0.2) is 5.79 Å². The normalized spacial score (nSPS) is 38.3. The Kier molecular flexibility index (Phi) is 2.34. The van der Waals surface area contributed by atoms with Crippen LogP contribution in [-0.4, -0.2) is 30.7 Å². The van der Waals surface area contributed by atoms with Gasteiger partial charge in [-0.1, -0.05) is 13.3 Å². The van der Waals surface area contributed by atoms with Crippen molar-refractivity contribution in [2.45, 2.75) is 38.4 Å². The Morgan fingerprint density at radius 3 is 2.38 bits per heavy atom. The van der Waals surface area contributed by atoms with E-state index < -0.39 is 5.79 Å². The predicted molar refractivity (Wildman–Crippen MR) is 48.3 cm³/mol. The highest BCUT2D eigenvalue weighted by atomic mass is 16.7. The van der Waals surface area contributed by atoms with Crippen LogP contribution in [0, 0.1) is 5.41 Å². The third kappa shape index (κ3) is 1.30. The van der Waals surface area contributed by atoms with Crippen molar-refractivity contribution in [2.75, 3.05) is 19.8 Å². The Hall–Kier alpha value is -0.120. The van der Waals surface area contributed by atoms with E-state index in [0.29, 0.717) is 13.2 Å². The molecule has 1 saturated carbocycles. The summed E-state index contributed by atoms with van der Waals surface area (Å²) in [5.41, 5.74) is -0.193. The van der Waals surface area contributed by atoms with Crippen molar-refractivity contribution in [3.05, 3.63) is 0 Å². The van der Waals surface area contributed by atoms with Crippen molar-refractivity contribution < 1.29 is 14.6 Å². The van der Waals surface area contributed by atoms with Gasteiger partial charge in [-0.25, -0.2) is 0 Å². The molecular weight excluding hydrogens is 168 g/mol. The number of hydrogen-bond acceptors (Lipinski definition) is 3. The van der Waals surface area contributed by atoms with Crippen LogP contribution in [0.5, 0.6) is 0 Å². The Balaban J connectivity index is 2.21. The molecule has 76 valence electrons. The van der Waals surface area contributed by atoms with Crippen LogP contribution in [0.2, 0.25) is 0 Å². The summed E-state index contributed by atoms with van der Waals surface area (Å²) in [4.78, 5) is 0. The highest BCUT2D eigenvalue weighted by Crippen LogP contribution is 2.48. The summed E-state index contributed by atoms with van der Waals surface area (Å²) in [5, 5.41) is 9.42. The molecule has 0 radical (unpaired) electrons. The lowest BCUT2D eigenvalue weighted by Crippen LogP contribution is -2.52. The minimum absolute atomic E-state index is 0.160. The van der Waals surface area contributed by atoms with Crippen molar-refractivity contribution >= 4 is 0 Å². The Labute approximate surface area is 79.0 Å². The van der Waals surface area contributed by atoms with Crippen LogP contribution >= 0.6 is 0 Å². The molecule has 2 aliphatic rings. The van der Waals surface area contributed by atoms with Gasteiger partial charge in [-0.2, -0.15) is 0 Å². The topological polar surface area (TPSA) is 38.7 Å². The second-order valence-electron chi connectivity index (χ2n) is 4.38. The first kappa shape index (κ1) is 9.44. The second-order valence-corrected chi connectivity index (χ2v) is 4.38. The summed E-state index contributed by atoms with van der Waals surface area (Å²) < 4.78 is 11.4. The fourth-order valence-corrected chi connectivity index (χ4v) is 2.51. The zero-order chi connectivity index (χ0) is 9.36. The maximum atomic E-state index is 9.42. The molecule has 1 aliphatic carbocycles. The van der Waals surface area contributed by atoms with Gasteiger partial charge in [0.25, 0.3) is 0 Å². The van der Waals surface area contributed by atoms with Crippen molar-refractivity contribution in [1.29, 1.82) is 0 Å². The summed E-state index contributed by atoms with van der Waals surface area (Å²) in [6.45, 7) is 3.58. The molecule has 2 rings (SSSR count). The summed E-state index contributed by atoms with van der Waals surface area (Å²) in [5.74, 6) is -0.472. The average Bonchev–Trinajstić information content (AvgIpc) is 2.61. The molecule has 1 atom stereocenters. The van der Waals surface area contributed by atoms with Gasteiger partial charge in [0.2, 0.25) is 0 Å². The summed E-state index contributed by atoms with van der Waals surface area (Å²) in [6.07, 6.45) is 4.26. The van der Waals surface area contributed by atoms with E-state index >= 15 is 0 Å². The zero-order valence-electron chi connectivity index (χ0n) is 8.21. The van der Waals surface area contributed by atoms with Gasteiger partial charge in [-0.3, -0.25) is 0 Å². The van der Waals surface area contributed by atoms with E-state index in [1.807, 2.05) is 0 Å². The van der Waals surface area contributed by atoms with Crippen LogP contribution in [-0.2, 0) is 9.47 Å². The molecule has 0 amide bonds. The first-order chi connectivity index (χ1) is 6.22. The minimum Gasteiger partial charge on any atom is -0.396 e. The first-order valence-corrected chi connectivity index (χ1v) is 5.11. The second kappa shape index (κ2) is 3.23. The molecule has 0 aromatic carbocycles. The van der Waals surface area contributed by atoms with Crippen LogP contribution in [0.25, 0.3) is 0 Å². The minimum atomic E-state index is -0.472. The molecule has 0 aromatic rings. The standard InChI is InChI=1S/C10H18O3/c1-9(8-11)4-2-3-5-10(9)12-6-7-13-10/h11H,2-8H2,1H3/t9-/m1/s1. The van der Waals surface area contributed by atoms with Crippen molar-refractivity contribution in [2.24, 2.45) is 5.41 Å². The van der Waals surface area contributed by atoms with E-state index in [1.54, 1.807) is 0 Å². The molecule has 0 aromatic heterocycles. The largest absolute Gasteiger partial charge is 0.396 e. The molecule has 0 bridgehead atoms. The van der Waals surface area contributed by atoms with Gasteiger partial charge in [-0.05, 0) is 12.8 Å². The van der Waals surface area contributed by atoms with E-state index in [1.165, 1.54) is 6.42 Å². The van der Waals surface area contributed by atoms with Gasteiger partial charge < -0.3 is 14.6 Å². The van der Waals surface area contributed by atoms with Crippen LogP contribution in [0.1, 0.15) is 32.6 Å². The van der Waals surface area contributed by atoms with E-state index in [2.05, 4.69) is 6.92 Å². The third-order valence-corrected chi connectivity index (χ3v) is 3.51. The van der Waals surface area contributed by atoms with Gasteiger partial charge in [-0.15, -0.1) is 0 Å². The molecule has 1 aliphatic heterocycles. The Morgan fingerprint density at radius 1 is 1.15 bits per heavy atom. The lowest BCUT2D eigenvalue weighted by molar-refractivity contribution is -0.259. The number of ether oxygens (including phenoxy) is 2. The number of rotatable bonds is 1. The summed E-state index contributed by atoms with van der Waals surface area (Å²) >= 11 is 0. The summed E-state index contributed by atoms with van der Waals surface area (Å²) in [7, 11) is 0. The van der Waals surface area contributed by atoms with Crippen molar-refractivity contribution in [1.82, 2.24) is 0 Å². The first-order valence-electron chi connectivity index (χ1n) is 5.11. The third-order valence-electron chi connectivity index (χ3n) is 3.51. The molecule has 1 N–H and O–H groups in total. The lowest BCUT2D eigenvalue weighted by atomic mass is 9.71. The molecule has 1 saturated heterocycles. The smallest absolute Gasteiger partial charge is 0.175 e. The van der Waals surface area contributed by atoms with E-state index in [-0.39, 0.29) is 12.0 Å². The highest BCUT2D eigenvalue weighted by Gasteiger charge is 2.53. The van der Waals surface area contributed by atoms with Gasteiger partial charge in [0.05, 0.1) is 19.8 Å². The SMILES string of the molecule is C[C@]1(CO)CCCCC12OCCO2. The molecule has 1 spiro atoms. The molecule has 2 fully saturated rings. The van der Waals surface area contributed by atoms with E-state index in [9.17, 15) is 5.11 Å². The zero-order valence-corrected chi connectivity index (χ0v) is 8.21. The van der Waals surface area contributed by atoms with E-state index in [0.717, 1.165) is 19.3 Å². The molecule has 0 unspecified atom stereocenters. The summed E-state index contributed by atoms with van der Waals surface area (Å²) in [6, 6.07) is 0. The maximum Gasteiger partial charge on any atom is 0.175 e. The molecular formula is C10H18O3. The predicted octanol–water partition coefficient (Wildman–Crippen LogP) is 1.30. The van der Waals surface area contributed by atoms with Crippen LogP contribution < -0.4 is 0 Å². The van der Waals surface area contributed by atoms with Crippen LogP contribution in [0.3, 0.4) is 0 Å². The van der Waals surface area contributed by atoms with Crippen molar-refractivity contribution in [3.63, 3.8) is 0 Å². The maximum absolute atomic E-state index is 9.42. The average molecular weight is 186 g/mol. The quantitative estimate of drug-likeness (QED) is 0.671. The van der Waals surface area contributed by atoms with Crippen molar-refractivity contribution in [3.8, 4) is 0 Å². The van der Waals surface area contributed by atoms with E-state index in [4.69, 9.17) is 9.47 Å². The van der Waals surface area contributed by atoms with Gasteiger partial charge >= 0.3 is 0 Å². The number of hydrogen-bond donors (Lipinski definition) is 1. The Morgan fingerprint density at radius 2 is 1.77 bits per heavy atom. The lowest BCUT2D eigenvalue weighted by Gasteiger charge is -2.46. The fourth-order valence-electron chi connectivity index (χ4n) is 2.51. The van der Waals surface area contributed by atoms with Crippen LogP contribution in [0.4, 0.5) is 0 Å². The molecule has 13 heavy (non-hydrogen) atoms. The Bertz CT molecular complexity index is 187. The monoisotopic (exact) mass is 186 g/mol. The number of aliphatic hydroxyl groups is 1. The van der Waals surface area contributed by atoms with Gasteiger partial charge in [0, 0.05) is 11.8 Å². The highest BCUT2D eigenvalue weighted by molar-refractivity contribution is 4.95. The molecule has 3 nitrogen and oxygen atoms in total. The van der Waals surface area contributed by atoms with Crippen LogP contribution in [0.15, 0.2) is 0 Å². The fraction of sp³-hybridized carbons (Fsp3) is 1.00. The number of aliphatic hydroxyl groups excluding tert-OH is 1. The molecule has 3 heteroatoms. The van der Waals surface area contributed by atoms with Gasteiger partial charge in [0.1, 0.15) is 0 Å². The molecule has 1 heterocycles.